The Morgan fingerprint density at radius 2 is 1.88 bits per heavy atom. The van der Waals surface area contributed by atoms with Gasteiger partial charge in [-0.2, -0.15) is 0 Å². The third-order valence-corrected chi connectivity index (χ3v) is 5.55. The Kier molecular flexibility index (Phi) is 3.10. The van der Waals surface area contributed by atoms with E-state index in [0.717, 1.165) is 42.2 Å². The molecular formula is C18H20N2O4. The van der Waals surface area contributed by atoms with Crippen LogP contribution in [0.3, 0.4) is 0 Å². The van der Waals surface area contributed by atoms with Crippen LogP contribution in [-0.2, 0) is 10.2 Å². The highest BCUT2D eigenvalue weighted by atomic mass is 16.7. The van der Waals surface area contributed by atoms with Crippen molar-refractivity contribution in [2.45, 2.75) is 37.5 Å². The van der Waals surface area contributed by atoms with E-state index < -0.39 is 0 Å². The van der Waals surface area contributed by atoms with E-state index in [-0.39, 0.29) is 12.2 Å². The van der Waals surface area contributed by atoms with Crippen molar-refractivity contribution in [1.29, 1.82) is 0 Å². The van der Waals surface area contributed by atoms with Crippen molar-refractivity contribution in [3.63, 3.8) is 0 Å². The maximum absolute atomic E-state index is 6.14. The van der Waals surface area contributed by atoms with Gasteiger partial charge in [-0.15, -0.1) is 10.2 Å². The summed E-state index contributed by atoms with van der Waals surface area (Å²) in [5.41, 5.74) is 0.830. The van der Waals surface area contributed by atoms with Gasteiger partial charge >= 0.3 is 0 Å². The largest absolute Gasteiger partial charge is 0.454 e. The molecule has 2 aromatic rings. The molecule has 5 rings (SSSR count). The monoisotopic (exact) mass is 328 g/mol. The highest BCUT2D eigenvalue weighted by Crippen LogP contribution is 2.49. The van der Waals surface area contributed by atoms with Crippen molar-refractivity contribution in [3.8, 4) is 11.5 Å². The molecule has 24 heavy (non-hydrogen) atoms. The molecule has 126 valence electrons. The fourth-order valence-corrected chi connectivity index (χ4v) is 3.78. The second-order valence-electron chi connectivity index (χ2n) is 7.03. The molecule has 0 spiro atoms. The van der Waals surface area contributed by atoms with E-state index in [0.29, 0.717) is 30.9 Å². The Labute approximate surface area is 140 Å². The molecular weight excluding hydrogens is 308 g/mol. The number of benzene rings is 1. The summed E-state index contributed by atoms with van der Waals surface area (Å²) in [7, 11) is 0. The smallest absolute Gasteiger partial charge is 0.231 e. The summed E-state index contributed by atoms with van der Waals surface area (Å²) in [5, 5.41) is 8.77. The molecule has 0 amide bonds. The summed E-state index contributed by atoms with van der Waals surface area (Å²) in [6, 6.07) is 6.11. The highest BCUT2D eigenvalue weighted by Gasteiger charge is 2.44. The van der Waals surface area contributed by atoms with Gasteiger partial charge < -0.3 is 18.6 Å². The van der Waals surface area contributed by atoms with Gasteiger partial charge in [0.25, 0.3) is 0 Å². The van der Waals surface area contributed by atoms with E-state index in [1.165, 1.54) is 0 Å². The van der Waals surface area contributed by atoms with Crippen LogP contribution in [0.5, 0.6) is 11.5 Å². The predicted octanol–water partition coefficient (Wildman–Crippen LogP) is 3.02. The van der Waals surface area contributed by atoms with Crippen LogP contribution in [0.15, 0.2) is 22.6 Å². The van der Waals surface area contributed by atoms with E-state index in [1.807, 2.05) is 6.07 Å². The van der Waals surface area contributed by atoms with Crippen molar-refractivity contribution in [2.75, 3.05) is 20.0 Å². The molecule has 0 N–H and O–H groups in total. The SMILES string of the molecule is C[C@@H]1C[C@H]1c1nnc(C2(c3ccc4c(c3)OCO4)CCOCC2)o1. The Morgan fingerprint density at radius 1 is 1.08 bits per heavy atom. The number of fused-ring (bicyclic) bond motifs is 1. The number of rotatable bonds is 3. The molecule has 2 atom stereocenters. The molecule has 1 saturated carbocycles. The standard InChI is InChI=1S/C18H20N2O4/c1-11-8-13(11)16-19-20-17(24-16)18(4-6-21-7-5-18)12-2-3-14-15(9-12)23-10-22-14/h2-3,9,11,13H,4-8,10H2,1H3/t11-,13-/m1/s1. The van der Waals surface area contributed by atoms with Crippen molar-refractivity contribution in [3.05, 3.63) is 35.5 Å². The lowest BCUT2D eigenvalue weighted by molar-refractivity contribution is 0.0539. The van der Waals surface area contributed by atoms with Crippen LogP contribution in [0.4, 0.5) is 0 Å². The number of aromatic nitrogens is 2. The average molecular weight is 328 g/mol. The minimum Gasteiger partial charge on any atom is -0.454 e. The first-order valence-corrected chi connectivity index (χ1v) is 8.58. The molecule has 0 radical (unpaired) electrons. The van der Waals surface area contributed by atoms with Crippen LogP contribution in [0.2, 0.25) is 0 Å². The van der Waals surface area contributed by atoms with E-state index in [1.54, 1.807) is 0 Å². The van der Waals surface area contributed by atoms with Gasteiger partial charge in [-0.25, -0.2) is 0 Å². The van der Waals surface area contributed by atoms with Crippen LogP contribution in [0.1, 0.15) is 49.4 Å². The summed E-state index contributed by atoms with van der Waals surface area (Å²) in [4.78, 5) is 0. The van der Waals surface area contributed by atoms with Crippen molar-refractivity contribution in [1.82, 2.24) is 10.2 Å². The molecule has 0 bridgehead atoms. The van der Waals surface area contributed by atoms with E-state index in [9.17, 15) is 0 Å². The highest BCUT2D eigenvalue weighted by molar-refractivity contribution is 5.48. The minimum atomic E-state index is -0.303. The summed E-state index contributed by atoms with van der Waals surface area (Å²) in [5.74, 6) is 4.14. The molecule has 1 aromatic carbocycles. The van der Waals surface area contributed by atoms with E-state index >= 15 is 0 Å². The summed E-state index contributed by atoms with van der Waals surface area (Å²) >= 11 is 0. The summed E-state index contributed by atoms with van der Waals surface area (Å²) in [6.07, 6.45) is 2.80. The van der Waals surface area contributed by atoms with Gasteiger partial charge in [0, 0.05) is 19.1 Å². The molecule has 3 heterocycles. The van der Waals surface area contributed by atoms with E-state index in [4.69, 9.17) is 18.6 Å². The maximum atomic E-state index is 6.14. The first kappa shape index (κ1) is 14.3. The predicted molar refractivity (Wildman–Crippen MR) is 84.2 cm³/mol. The number of hydrogen-bond acceptors (Lipinski definition) is 6. The maximum Gasteiger partial charge on any atom is 0.231 e. The Bertz CT molecular complexity index is 766. The average Bonchev–Trinajstić information content (AvgIpc) is 3.06. The minimum absolute atomic E-state index is 0.277. The van der Waals surface area contributed by atoms with Crippen LogP contribution in [-0.4, -0.2) is 30.2 Å². The zero-order valence-corrected chi connectivity index (χ0v) is 13.7. The van der Waals surface area contributed by atoms with E-state index in [2.05, 4.69) is 29.3 Å². The normalized spacial score (nSPS) is 27.2. The molecule has 3 aliphatic rings. The molecule has 6 heteroatoms. The zero-order valence-electron chi connectivity index (χ0n) is 13.7. The zero-order chi connectivity index (χ0) is 16.1. The lowest BCUT2D eigenvalue weighted by Crippen LogP contribution is -2.35. The summed E-state index contributed by atoms with van der Waals surface area (Å²) in [6.45, 7) is 3.87. The number of nitrogens with zero attached hydrogens (tertiary/aromatic N) is 2. The lowest BCUT2D eigenvalue weighted by Gasteiger charge is -2.34. The first-order valence-electron chi connectivity index (χ1n) is 8.58. The second kappa shape index (κ2) is 5.21. The fourth-order valence-electron chi connectivity index (χ4n) is 3.78. The second-order valence-corrected chi connectivity index (χ2v) is 7.03. The van der Waals surface area contributed by atoms with Gasteiger partial charge in [0.15, 0.2) is 11.5 Å². The number of ether oxygens (including phenoxy) is 3. The molecule has 1 aliphatic carbocycles. The van der Waals surface area contributed by atoms with Gasteiger partial charge in [0.05, 0.1) is 5.41 Å². The van der Waals surface area contributed by atoms with Crippen LogP contribution < -0.4 is 9.47 Å². The van der Waals surface area contributed by atoms with Crippen LogP contribution in [0, 0.1) is 5.92 Å². The van der Waals surface area contributed by atoms with Crippen molar-refractivity contribution >= 4 is 0 Å². The third kappa shape index (κ3) is 2.13. The van der Waals surface area contributed by atoms with Gasteiger partial charge in [-0.05, 0) is 42.9 Å². The number of hydrogen-bond donors (Lipinski definition) is 0. The van der Waals surface area contributed by atoms with Crippen LogP contribution >= 0.6 is 0 Å². The molecule has 6 nitrogen and oxygen atoms in total. The Morgan fingerprint density at radius 3 is 2.67 bits per heavy atom. The third-order valence-electron chi connectivity index (χ3n) is 5.55. The Hall–Kier alpha value is -2.08. The topological polar surface area (TPSA) is 66.6 Å². The molecule has 2 aliphatic heterocycles. The molecule has 1 aromatic heterocycles. The van der Waals surface area contributed by atoms with Gasteiger partial charge in [-0.1, -0.05) is 13.0 Å². The van der Waals surface area contributed by atoms with Crippen LogP contribution in [0.25, 0.3) is 0 Å². The quantitative estimate of drug-likeness (QED) is 0.863. The van der Waals surface area contributed by atoms with Gasteiger partial charge in [0.2, 0.25) is 18.6 Å². The van der Waals surface area contributed by atoms with Crippen molar-refractivity contribution < 1.29 is 18.6 Å². The lowest BCUT2D eigenvalue weighted by atomic mass is 9.74. The molecule has 0 unspecified atom stereocenters. The van der Waals surface area contributed by atoms with Gasteiger partial charge in [-0.3, -0.25) is 0 Å². The summed E-state index contributed by atoms with van der Waals surface area (Å²) < 4.78 is 22.7. The Balaban J connectivity index is 1.57. The molecule has 1 saturated heterocycles. The van der Waals surface area contributed by atoms with Crippen molar-refractivity contribution in [2.24, 2.45) is 5.92 Å². The first-order chi connectivity index (χ1) is 11.8. The van der Waals surface area contributed by atoms with Gasteiger partial charge in [0.1, 0.15) is 0 Å². The molecule has 2 fully saturated rings. The fraction of sp³-hybridized carbons (Fsp3) is 0.556.